The second-order valence-corrected chi connectivity index (χ2v) is 3.49. The van der Waals surface area contributed by atoms with E-state index in [0.29, 0.717) is 13.0 Å². The number of nitrogens with zero attached hydrogens (tertiary/aromatic N) is 1. The van der Waals surface area contributed by atoms with Crippen LogP contribution in [-0.4, -0.2) is 23.3 Å². The summed E-state index contributed by atoms with van der Waals surface area (Å²) in [6.45, 7) is 6.22. The van der Waals surface area contributed by atoms with Gasteiger partial charge < -0.3 is 10.4 Å². The zero-order chi connectivity index (χ0) is 9.61. The zero-order valence-corrected chi connectivity index (χ0v) is 8.09. The molecule has 3 nitrogen and oxygen atoms in total. The van der Waals surface area contributed by atoms with Crippen molar-refractivity contribution in [1.29, 1.82) is 5.26 Å². The Hall–Kier alpha value is -0.590. The van der Waals surface area contributed by atoms with Crippen molar-refractivity contribution in [3.05, 3.63) is 0 Å². The average molecular weight is 170 g/mol. The highest BCUT2D eigenvalue weighted by atomic mass is 16.3. The molecule has 70 valence electrons. The van der Waals surface area contributed by atoms with Crippen LogP contribution in [0.3, 0.4) is 0 Å². The number of hydrogen-bond donors (Lipinski definition) is 2. The van der Waals surface area contributed by atoms with Crippen LogP contribution in [0.1, 0.15) is 33.6 Å². The minimum absolute atomic E-state index is 0.160. The fourth-order valence-electron chi connectivity index (χ4n) is 0.728. The Kier molecular flexibility index (Phi) is 4.87. The molecule has 0 spiro atoms. The Morgan fingerprint density at radius 3 is 2.67 bits per heavy atom. The molecule has 0 amide bonds. The molecule has 0 saturated heterocycles. The largest absolute Gasteiger partial charge is 0.389 e. The lowest BCUT2D eigenvalue weighted by atomic mass is 10.0. The smallest absolute Gasteiger partial charge is 0.0741 e. The van der Waals surface area contributed by atoms with E-state index >= 15 is 0 Å². The minimum atomic E-state index is -0.649. The standard InChI is InChI=1S/C9H18N2O/c1-4-9(3,12)7-11-8(2)5-6-10/h8,11-12H,4-5,7H2,1-3H3. The normalized spacial score (nSPS) is 17.9. The highest BCUT2D eigenvalue weighted by molar-refractivity contribution is 4.81. The molecule has 0 rings (SSSR count). The van der Waals surface area contributed by atoms with Gasteiger partial charge in [0, 0.05) is 12.6 Å². The van der Waals surface area contributed by atoms with Gasteiger partial charge in [-0.15, -0.1) is 0 Å². The monoisotopic (exact) mass is 170 g/mol. The van der Waals surface area contributed by atoms with Crippen molar-refractivity contribution >= 4 is 0 Å². The fourth-order valence-corrected chi connectivity index (χ4v) is 0.728. The van der Waals surface area contributed by atoms with Crippen molar-refractivity contribution in [3.63, 3.8) is 0 Å². The topological polar surface area (TPSA) is 56.0 Å². The van der Waals surface area contributed by atoms with E-state index in [4.69, 9.17) is 5.26 Å². The maximum Gasteiger partial charge on any atom is 0.0741 e. The molecule has 12 heavy (non-hydrogen) atoms. The van der Waals surface area contributed by atoms with Gasteiger partial charge in [-0.05, 0) is 20.3 Å². The summed E-state index contributed by atoms with van der Waals surface area (Å²) in [4.78, 5) is 0. The molecule has 0 aromatic carbocycles. The molecule has 0 aromatic rings. The molecule has 0 saturated carbocycles. The number of nitrogens with one attached hydrogen (secondary N) is 1. The lowest BCUT2D eigenvalue weighted by Crippen LogP contribution is -2.40. The molecule has 3 heteroatoms. The first-order valence-electron chi connectivity index (χ1n) is 4.34. The van der Waals surface area contributed by atoms with Crippen LogP contribution >= 0.6 is 0 Å². The van der Waals surface area contributed by atoms with E-state index in [2.05, 4.69) is 11.4 Å². The van der Waals surface area contributed by atoms with Gasteiger partial charge in [-0.2, -0.15) is 5.26 Å². The summed E-state index contributed by atoms with van der Waals surface area (Å²) in [6.07, 6.45) is 1.21. The van der Waals surface area contributed by atoms with Gasteiger partial charge in [-0.3, -0.25) is 0 Å². The van der Waals surface area contributed by atoms with Gasteiger partial charge in [0.2, 0.25) is 0 Å². The van der Waals surface area contributed by atoms with E-state index in [1.165, 1.54) is 0 Å². The molecule has 0 fully saturated rings. The van der Waals surface area contributed by atoms with E-state index in [1.807, 2.05) is 13.8 Å². The average Bonchev–Trinajstić information content (AvgIpc) is 2.02. The summed E-state index contributed by atoms with van der Waals surface area (Å²) in [5.41, 5.74) is -0.649. The summed E-state index contributed by atoms with van der Waals surface area (Å²) < 4.78 is 0. The van der Waals surface area contributed by atoms with Crippen molar-refractivity contribution in [2.24, 2.45) is 0 Å². The zero-order valence-electron chi connectivity index (χ0n) is 8.09. The van der Waals surface area contributed by atoms with Gasteiger partial charge >= 0.3 is 0 Å². The van der Waals surface area contributed by atoms with E-state index in [-0.39, 0.29) is 6.04 Å². The first-order valence-corrected chi connectivity index (χ1v) is 4.34. The summed E-state index contributed by atoms with van der Waals surface area (Å²) in [7, 11) is 0. The quantitative estimate of drug-likeness (QED) is 0.648. The number of nitriles is 1. The first kappa shape index (κ1) is 11.4. The van der Waals surface area contributed by atoms with Crippen molar-refractivity contribution < 1.29 is 5.11 Å². The molecular weight excluding hydrogens is 152 g/mol. The molecule has 0 radical (unpaired) electrons. The van der Waals surface area contributed by atoms with Crippen LogP contribution in [0.25, 0.3) is 0 Å². The summed E-state index contributed by atoms with van der Waals surface area (Å²) >= 11 is 0. The van der Waals surface area contributed by atoms with Crippen LogP contribution in [0.2, 0.25) is 0 Å². The lowest BCUT2D eigenvalue weighted by molar-refractivity contribution is 0.0535. The van der Waals surface area contributed by atoms with E-state index in [0.717, 1.165) is 6.42 Å². The van der Waals surface area contributed by atoms with Gasteiger partial charge in [-0.1, -0.05) is 6.92 Å². The second kappa shape index (κ2) is 5.13. The van der Waals surface area contributed by atoms with Crippen molar-refractivity contribution in [3.8, 4) is 6.07 Å². The third-order valence-electron chi connectivity index (χ3n) is 1.99. The molecule has 0 aliphatic rings. The third-order valence-corrected chi connectivity index (χ3v) is 1.99. The SMILES string of the molecule is CCC(C)(O)CNC(C)CC#N. The number of aliphatic hydroxyl groups is 1. The van der Waals surface area contributed by atoms with Gasteiger partial charge in [0.15, 0.2) is 0 Å². The molecular formula is C9H18N2O. The highest BCUT2D eigenvalue weighted by Gasteiger charge is 2.17. The molecule has 0 aliphatic carbocycles. The first-order chi connectivity index (χ1) is 5.52. The second-order valence-electron chi connectivity index (χ2n) is 3.49. The Morgan fingerprint density at radius 2 is 2.25 bits per heavy atom. The van der Waals surface area contributed by atoms with E-state index in [1.54, 1.807) is 6.92 Å². The molecule has 0 aromatic heterocycles. The van der Waals surface area contributed by atoms with Crippen LogP contribution in [0.5, 0.6) is 0 Å². The van der Waals surface area contributed by atoms with Crippen LogP contribution in [0, 0.1) is 11.3 Å². The van der Waals surface area contributed by atoms with Crippen molar-refractivity contribution in [1.82, 2.24) is 5.32 Å². The maximum absolute atomic E-state index is 9.59. The molecule has 2 unspecified atom stereocenters. The minimum Gasteiger partial charge on any atom is -0.389 e. The summed E-state index contributed by atoms with van der Waals surface area (Å²) in [5.74, 6) is 0. The predicted octanol–water partition coefficient (Wildman–Crippen LogP) is 1.04. The Balaban J connectivity index is 3.61. The summed E-state index contributed by atoms with van der Waals surface area (Å²) in [5, 5.41) is 21.1. The number of rotatable bonds is 5. The Labute approximate surface area is 74.4 Å². The number of hydrogen-bond acceptors (Lipinski definition) is 3. The van der Waals surface area contributed by atoms with Crippen molar-refractivity contribution in [2.75, 3.05) is 6.54 Å². The van der Waals surface area contributed by atoms with Crippen LogP contribution in [0.15, 0.2) is 0 Å². The molecule has 0 aliphatic heterocycles. The molecule has 0 heterocycles. The Morgan fingerprint density at radius 1 is 1.67 bits per heavy atom. The summed E-state index contributed by atoms with van der Waals surface area (Å²) in [6, 6.07) is 2.24. The van der Waals surface area contributed by atoms with E-state index in [9.17, 15) is 5.11 Å². The third kappa shape index (κ3) is 5.11. The van der Waals surface area contributed by atoms with Crippen LogP contribution in [-0.2, 0) is 0 Å². The lowest BCUT2D eigenvalue weighted by Gasteiger charge is -2.23. The van der Waals surface area contributed by atoms with Gasteiger partial charge in [0.25, 0.3) is 0 Å². The van der Waals surface area contributed by atoms with Crippen LogP contribution in [0.4, 0.5) is 0 Å². The fraction of sp³-hybridized carbons (Fsp3) is 0.889. The van der Waals surface area contributed by atoms with Crippen LogP contribution < -0.4 is 5.32 Å². The molecule has 2 atom stereocenters. The predicted molar refractivity (Wildman–Crippen MR) is 48.6 cm³/mol. The molecule has 2 N–H and O–H groups in total. The van der Waals surface area contributed by atoms with Crippen molar-refractivity contribution in [2.45, 2.75) is 45.3 Å². The Bertz CT molecular complexity index is 160. The van der Waals surface area contributed by atoms with Gasteiger partial charge in [-0.25, -0.2) is 0 Å². The van der Waals surface area contributed by atoms with E-state index < -0.39 is 5.60 Å². The maximum atomic E-state index is 9.59. The molecule has 0 bridgehead atoms. The highest BCUT2D eigenvalue weighted by Crippen LogP contribution is 2.06. The van der Waals surface area contributed by atoms with Gasteiger partial charge in [0.05, 0.1) is 18.1 Å². The van der Waals surface area contributed by atoms with Gasteiger partial charge in [0.1, 0.15) is 0 Å².